The molecule has 2 aliphatic heterocycles. The third-order valence-corrected chi connectivity index (χ3v) is 5.01. The number of fused-ring (bicyclic) bond motifs is 1. The van der Waals surface area contributed by atoms with E-state index in [0.29, 0.717) is 19.4 Å². The maximum absolute atomic E-state index is 8.91. The molecule has 8 heteroatoms. The maximum Gasteiger partial charge on any atom is 0.186 e. The van der Waals surface area contributed by atoms with Crippen molar-refractivity contribution in [2.45, 2.75) is 49.8 Å². The van der Waals surface area contributed by atoms with Gasteiger partial charge < -0.3 is 38.6 Å². The van der Waals surface area contributed by atoms with Crippen LogP contribution in [0.15, 0.2) is 30.3 Å². The number of aliphatic hydroxyl groups is 2. The largest absolute Gasteiger partial charge is 0.395 e. The number of methoxy groups -OCH3 is 1. The van der Waals surface area contributed by atoms with E-state index in [4.69, 9.17) is 38.6 Å². The number of ether oxygens (including phenoxy) is 6. The van der Waals surface area contributed by atoms with E-state index in [-0.39, 0.29) is 26.4 Å². The summed E-state index contributed by atoms with van der Waals surface area (Å²) in [6.45, 7) is 0.568. The number of rotatable bonds is 8. The molecule has 2 heterocycles. The van der Waals surface area contributed by atoms with E-state index in [1.807, 2.05) is 30.3 Å². The smallest absolute Gasteiger partial charge is 0.186 e. The van der Waals surface area contributed by atoms with Crippen molar-refractivity contribution in [1.82, 2.24) is 0 Å². The molecule has 174 valence electrons. The first-order valence-corrected chi connectivity index (χ1v) is 10.6. The normalized spacial score (nSPS) is 29.2. The van der Waals surface area contributed by atoms with Crippen molar-refractivity contribution in [3.63, 3.8) is 0 Å². The number of benzene rings is 1. The van der Waals surface area contributed by atoms with Crippen LogP contribution in [0, 0.1) is 23.7 Å². The molecular formula is C24H30O8. The van der Waals surface area contributed by atoms with E-state index in [9.17, 15) is 0 Å². The minimum absolute atomic E-state index is 0.00182. The van der Waals surface area contributed by atoms with Crippen LogP contribution in [0.2, 0.25) is 0 Å². The third kappa shape index (κ3) is 6.76. The lowest BCUT2D eigenvalue weighted by atomic mass is 9.97. The molecule has 1 aromatic carbocycles. The van der Waals surface area contributed by atoms with Crippen molar-refractivity contribution in [2.75, 3.05) is 40.1 Å². The van der Waals surface area contributed by atoms with E-state index >= 15 is 0 Å². The van der Waals surface area contributed by atoms with Gasteiger partial charge in [-0.05, 0) is 0 Å². The lowest BCUT2D eigenvalue weighted by Gasteiger charge is -2.48. The van der Waals surface area contributed by atoms with Gasteiger partial charge in [-0.3, -0.25) is 0 Å². The summed E-state index contributed by atoms with van der Waals surface area (Å²) in [6, 6.07) is 9.66. The summed E-state index contributed by atoms with van der Waals surface area (Å²) < 4.78 is 35.8. The Bertz CT molecular complexity index is 793. The van der Waals surface area contributed by atoms with E-state index in [0.717, 1.165) is 5.56 Å². The third-order valence-electron chi connectivity index (χ3n) is 5.01. The second-order valence-corrected chi connectivity index (χ2v) is 7.16. The summed E-state index contributed by atoms with van der Waals surface area (Å²) in [5.41, 5.74) is 0.897. The second kappa shape index (κ2) is 13.5. The summed E-state index contributed by atoms with van der Waals surface area (Å²) in [4.78, 5) is 0. The Balaban J connectivity index is 1.77. The number of hydrogen-bond acceptors (Lipinski definition) is 8. The monoisotopic (exact) mass is 446 g/mol. The van der Waals surface area contributed by atoms with Crippen LogP contribution in [-0.4, -0.2) is 81.1 Å². The average Bonchev–Trinajstić information content (AvgIpc) is 2.84. The molecule has 0 aliphatic carbocycles. The molecule has 0 amide bonds. The van der Waals surface area contributed by atoms with Crippen LogP contribution in [-0.2, 0) is 28.4 Å². The van der Waals surface area contributed by atoms with E-state index in [2.05, 4.69) is 23.7 Å². The molecule has 2 N–H and O–H groups in total. The van der Waals surface area contributed by atoms with Gasteiger partial charge in [0.2, 0.25) is 0 Å². The fourth-order valence-electron chi connectivity index (χ4n) is 3.55. The lowest BCUT2D eigenvalue weighted by Crippen LogP contribution is -2.63. The van der Waals surface area contributed by atoms with Gasteiger partial charge in [0.05, 0.1) is 19.8 Å². The highest BCUT2D eigenvalue weighted by molar-refractivity contribution is 5.16. The number of aliphatic hydroxyl groups excluding tert-OH is 2. The van der Waals surface area contributed by atoms with Gasteiger partial charge in [0.15, 0.2) is 12.6 Å². The van der Waals surface area contributed by atoms with E-state index < -0.39 is 37.0 Å². The zero-order chi connectivity index (χ0) is 22.6. The fourth-order valence-corrected chi connectivity index (χ4v) is 3.55. The second-order valence-electron chi connectivity index (χ2n) is 7.16. The van der Waals surface area contributed by atoms with E-state index in [1.165, 1.54) is 7.11 Å². The van der Waals surface area contributed by atoms with Gasteiger partial charge in [0.25, 0.3) is 0 Å². The summed E-state index contributed by atoms with van der Waals surface area (Å²) in [5, 5.41) is 17.8. The minimum atomic E-state index is -0.702. The highest BCUT2D eigenvalue weighted by Gasteiger charge is 2.51. The molecule has 1 aromatic rings. The van der Waals surface area contributed by atoms with Crippen LogP contribution in [0.3, 0.4) is 0 Å². The molecule has 3 rings (SSSR count). The molecule has 2 fully saturated rings. The molecule has 8 nitrogen and oxygen atoms in total. The van der Waals surface area contributed by atoms with Gasteiger partial charge in [-0.25, -0.2) is 0 Å². The summed E-state index contributed by atoms with van der Waals surface area (Å²) in [7, 11) is 1.54. The van der Waals surface area contributed by atoms with Gasteiger partial charge in [0.1, 0.15) is 37.6 Å². The summed E-state index contributed by atoms with van der Waals surface area (Å²) in [6.07, 6.45) is -2.54. The van der Waals surface area contributed by atoms with Crippen LogP contribution in [0.4, 0.5) is 0 Å². The standard InChI is InChI=1S/C24H30O8/c1-27-24-22(29-16-10-4-8-14-26)21(28-15-9-3-7-13-25)20-19(31-24)17-30-23(32-20)18-11-5-2-6-12-18/h2,5-6,11-12,19-26H,7-8,13-17H2,1H3/t19-,20-,21+,22-,23?,24+/m1/s1. The molecule has 0 saturated carbocycles. The molecule has 0 spiro atoms. The first kappa shape index (κ1) is 24.7. The molecule has 2 aliphatic rings. The van der Waals surface area contributed by atoms with Crippen LogP contribution in [0.25, 0.3) is 0 Å². The van der Waals surface area contributed by atoms with Gasteiger partial charge in [-0.15, -0.1) is 0 Å². The van der Waals surface area contributed by atoms with Crippen molar-refractivity contribution in [1.29, 1.82) is 0 Å². The highest BCUT2D eigenvalue weighted by atomic mass is 16.8. The van der Waals surface area contributed by atoms with Gasteiger partial charge in [-0.1, -0.05) is 54.0 Å². The Morgan fingerprint density at radius 2 is 1.56 bits per heavy atom. The lowest BCUT2D eigenvalue weighted by molar-refractivity contribution is -0.365. The molecular weight excluding hydrogens is 416 g/mol. The fraction of sp³-hybridized carbons (Fsp3) is 0.583. The zero-order valence-electron chi connectivity index (χ0n) is 18.1. The van der Waals surface area contributed by atoms with Gasteiger partial charge in [-0.2, -0.15) is 0 Å². The molecule has 0 bridgehead atoms. The quantitative estimate of drug-likeness (QED) is 0.572. The SMILES string of the molecule is CO[C@H]1O[C@@H]2COC(c3ccccc3)O[C@H]2[C@H](OCC#CCCO)[C@H]1OCC#CCCO. The predicted molar refractivity (Wildman–Crippen MR) is 114 cm³/mol. The number of hydrogen-bond donors (Lipinski definition) is 2. The van der Waals surface area contributed by atoms with Crippen LogP contribution >= 0.6 is 0 Å². The van der Waals surface area contributed by atoms with Crippen molar-refractivity contribution in [2.24, 2.45) is 0 Å². The van der Waals surface area contributed by atoms with Crippen LogP contribution < -0.4 is 0 Å². The van der Waals surface area contributed by atoms with Crippen molar-refractivity contribution in [3.05, 3.63) is 35.9 Å². The molecule has 32 heavy (non-hydrogen) atoms. The Labute approximate surface area is 188 Å². The minimum Gasteiger partial charge on any atom is -0.395 e. The van der Waals surface area contributed by atoms with Crippen LogP contribution in [0.5, 0.6) is 0 Å². The van der Waals surface area contributed by atoms with Crippen molar-refractivity contribution in [3.8, 4) is 23.7 Å². The van der Waals surface area contributed by atoms with Gasteiger partial charge in [0, 0.05) is 25.5 Å². The predicted octanol–water partition coefficient (Wildman–Crippen LogP) is 1.01. The molecule has 0 aromatic heterocycles. The average molecular weight is 446 g/mol. The Hall–Kier alpha value is -1.98. The summed E-state index contributed by atoms with van der Waals surface area (Å²) >= 11 is 0. The zero-order valence-corrected chi connectivity index (χ0v) is 18.1. The Morgan fingerprint density at radius 3 is 2.19 bits per heavy atom. The first-order valence-electron chi connectivity index (χ1n) is 10.6. The Morgan fingerprint density at radius 1 is 0.906 bits per heavy atom. The van der Waals surface area contributed by atoms with E-state index in [1.54, 1.807) is 0 Å². The highest BCUT2D eigenvalue weighted by Crippen LogP contribution is 2.36. The van der Waals surface area contributed by atoms with Gasteiger partial charge >= 0.3 is 0 Å². The topological polar surface area (TPSA) is 95.8 Å². The summed E-state index contributed by atoms with van der Waals surface area (Å²) in [5.74, 6) is 11.4. The molecule has 2 saturated heterocycles. The van der Waals surface area contributed by atoms with Crippen LogP contribution in [0.1, 0.15) is 24.7 Å². The molecule has 0 radical (unpaired) electrons. The van der Waals surface area contributed by atoms with Crippen molar-refractivity contribution >= 4 is 0 Å². The first-order chi connectivity index (χ1) is 15.8. The molecule has 1 unspecified atom stereocenters. The van der Waals surface area contributed by atoms with Crippen molar-refractivity contribution < 1.29 is 38.6 Å². The Kier molecular flexibility index (Phi) is 10.4. The molecule has 6 atom stereocenters. The maximum atomic E-state index is 8.91.